The summed E-state index contributed by atoms with van der Waals surface area (Å²) in [6.07, 6.45) is 0.554. The zero-order valence-corrected chi connectivity index (χ0v) is 38.3. The normalized spacial score (nSPS) is 22.4. The number of methoxy groups -OCH3 is 1. The molecule has 0 unspecified atom stereocenters. The van der Waals surface area contributed by atoms with Gasteiger partial charge in [-0.2, -0.15) is 0 Å². The highest BCUT2D eigenvalue weighted by molar-refractivity contribution is 6.75. The van der Waals surface area contributed by atoms with Crippen molar-refractivity contribution >= 4 is 25.0 Å². The number of benzene rings is 1. The first-order valence-corrected chi connectivity index (χ1v) is 27.4. The van der Waals surface area contributed by atoms with Crippen LogP contribution in [0.25, 0.3) is 0 Å². The molecule has 0 radical (unpaired) electrons. The highest BCUT2D eigenvalue weighted by atomic mass is 28.4. The third-order valence-electron chi connectivity index (χ3n) is 12.5. The van der Waals surface area contributed by atoms with E-state index in [4.69, 9.17) is 27.5 Å². The van der Waals surface area contributed by atoms with Crippen LogP contribution in [-0.2, 0) is 29.4 Å². The van der Waals surface area contributed by atoms with Crippen LogP contribution < -0.4 is 4.74 Å². The fraction of sp³-hybridized carbons (Fsp3) is 0.800. The van der Waals surface area contributed by atoms with Crippen LogP contribution >= 0.6 is 0 Å². The molecule has 2 rings (SSSR count). The number of aliphatic hydroxyl groups is 1. The Labute approximate surface area is 310 Å². The van der Waals surface area contributed by atoms with Crippen LogP contribution in [0, 0.1) is 17.8 Å². The van der Waals surface area contributed by atoms with Crippen molar-refractivity contribution in [2.45, 2.75) is 161 Å². The Morgan fingerprint density at radius 2 is 1.30 bits per heavy atom. The van der Waals surface area contributed by atoms with Gasteiger partial charge in [0.15, 0.2) is 25.0 Å². The second-order valence-corrected chi connectivity index (χ2v) is 33.9. The van der Waals surface area contributed by atoms with Crippen LogP contribution in [0.2, 0.25) is 54.4 Å². The minimum atomic E-state index is -2.35. The third-order valence-corrected chi connectivity index (χ3v) is 25.9. The van der Waals surface area contributed by atoms with Crippen molar-refractivity contribution in [2.75, 3.05) is 26.9 Å². The van der Waals surface area contributed by atoms with Crippen molar-refractivity contribution < 1.29 is 32.6 Å². The lowest BCUT2D eigenvalue weighted by molar-refractivity contribution is -0.0590. The highest BCUT2D eigenvalue weighted by Crippen LogP contribution is 2.51. The van der Waals surface area contributed by atoms with Gasteiger partial charge in [0.25, 0.3) is 0 Å². The second-order valence-electron chi connectivity index (χ2n) is 19.6. The molecule has 0 aliphatic carbocycles. The Morgan fingerprint density at radius 1 is 0.820 bits per heavy atom. The van der Waals surface area contributed by atoms with Gasteiger partial charge in [-0.3, -0.25) is 0 Å². The molecule has 1 fully saturated rings. The molecule has 50 heavy (non-hydrogen) atoms. The summed E-state index contributed by atoms with van der Waals surface area (Å²) >= 11 is 0. The molecular weight excluding hydrogens is 677 g/mol. The molecule has 0 amide bonds. The van der Waals surface area contributed by atoms with Crippen molar-refractivity contribution in [3.05, 3.63) is 42.5 Å². The minimum Gasteiger partial charge on any atom is -0.497 e. The van der Waals surface area contributed by atoms with E-state index in [9.17, 15) is 5.11 Å². The van der Waals surface area contributed by atoms with Crippen molar-refractivity contribution in [1.82, 2.24) is 0 Å². The van der Waals surface area contributed by atoms with Gasteiger partial charge >= 0.3 is 0 Å². The number of rotatable bonds is 19. The van der Waals surface area contributed by atoms with Crippen LogP contribution in [0.5, 0.6) is 5.75 Å². The number of hydrogen-bond acceptors (Lipinski definition) is 7. The maximum absolute atomic E-state index is 12.5. The van der Waals surface area contributed by atoms with Gasteiger partial charge in [-0.25, -0.2) is 0 Å². The summed E-state index contributed by atoms with van der Waals surface area (Å²) in [5.41, 5.74) is 0.463. The van der Waals surface area contributed by atoms with E-state index in [1.807, 2.05) is 30.3 Å². The van der Waals surface area contributed by atoms with Crippen LogP contribution in [0.1, 0.15) is 81.7 Å². The van der Waals surface area contributed by atoms with Gasteiger partial charge in [-0.15, -0.1) is 6.58 Å². The van der Waals surface area contributed by atoms with E-state index in [-0.39, 0.29) is 39.0 Å². The lowest BCUT2D eigenvalue weighted by Gasteiger charge is -2.46. The first-order valence-electron chi connectivity index (χ1n) is 18.7. The van der Waals surface area contributed by atoms with E-state index in [2.05, 4.69) is 122 Å². The average Bonchev–Trinajstić information content (AvgIpc) is 3.67. The molecule has 1 saturated heterocycles. The molecule has 0 spiro atoms. The largest absolute Gasteiger partial charge is 0.497 e. The van der Waals surface area contributed by atoms with E-state index in [0.717, 1.165) is 11.3 Å². The first kappa shape index (κ1) is 45.3. The monoisotopic (exact) mass is 752 g/mol. The molecule has 1 aliphatic heterocycles. The van der Waals surface area contributed by atoms with Crippen molar-refractivity contribution in [3.8, 4) is 5.75 Å². The Bertz CT molecular complexity index is 1210. The Morgan fingerprint density at radius 3 is 1.74 bits per heavy atom. The molecule has 10 heteroatoms. The van der Waals surface area contributed by atoms with Crippen LogP contribution in [0.3, 0.4) is 0 Å². The summed E-state index contributed by atoms with van der Waals surface area (Å²) in [5.74, 6) is 0.275. The minimum absolute atomic E-state index is 0.0137. The zero-order valence-electron chi connectivity index (χ0n) is 35.3. The molecule has 0 aromatic heterocycles. The maximum Gasteiger partial charge on any atom is 0.192 e. The molecule has 1 aromatic rings. The average molecular weight is 753 g/mol. The standard InChI is InChI=1S/C40H76O7Si3/c1-20-31(27-44-48(14,15)37(3,4)5)34(41)33(28-45-49(16,17)38(6,7)8)36(47-50(18,19)39(9,10)11)40(12)35(46-40)29(2)25-43-26-30-21-23-32(42-13)24-22-30/h20-24,29,31,33-36,41H,1,25-28H2,2-19H3/t29-,31-,33-,34+,35+,36-,40-/m0/s1. The van der Waals surface area contributed by atoms with Gasteiger partial charge in [0, 0.05) is 31.0 Å². The molecule has 290 valence electrons. The van der Waals surface area contributed by atoms with Crippen molar-refractivity contribution in [2.24, 2.45) is 17.8 Å². The molecular formula is C40H76O7Si3. The molecule has 1 aliphatic rings. The fourth-order valence-corrected chi connectivity index (χ4v) is 8.96. The van der Waals surface area contributed by atoms with E-state index in [1.54, 1.807) is 7.11 Å². The van der Waals surface area contributed by atoms with Crippen LogP contribution in [-0.4, -0.2) is 80.9 Å². The zero-order chi connectivity index (χ0) is 38.7. The van der Waals surface area contributed by atoms with Gasteiger partial charge in [0.05, 0.1) is 38.6 Å². The molecule has 1 heterocycles. The summed E-state index contributed by atoms with van der Waals surface area (Å²) < 4.78 is 39.3. The van der Waals surface area contributed by atoms with E-state index in [1.165, 1.54) is 0 Å². The predicted molar refractivity (Wildman–Crippen MR) is 217 cm³/mol. The van der Waals surface area contributed by atoms with Gasteiger partial charge < -0.3 is 32.6 Å². The topological polar surface area (TPSA) is 78.9 Å². The van der Waals surface area contributed by atoms with Crippen LogP contribution in [0.4, 0.5) is 0 Å². The van der Waals surface area contributed by atoms with Crippen molar-refractivity contribution in [1.29, 1.82) is 0 Å². The number of ether oxygens (including phenoxy) is 3. The third kappa shape index (κ3) is 11.3. The van der Waals surface area contributed by atoms with Crippen LogP contribution in [0.15, 0.2) is 36.9 Å². The fourth-order valence-electron chi connectivity index (χ4n) is 5.48. The summed E-state index contributed by atoms with van der Waals surface area (Å²) in [5, 5.41) is 12.5. The smallest absolute Gasteiger partial charge is 0.192 e. The van der Waals surface area contributed by atoms with Gasteiger partial charge in [-0.05, 0) is 79.0 Å². The molecule has 1 N–H and O–H groups in total. The van der Waals surface area contributed by atoms with Gasteiger partial charge in [0.1, 0.15) is 11.4 Å². The second kappa shape index (κ2) is 16.7. The SMILES string of the molecule is C=C[C@@H](CO[Si](C)(C)C(C)(C)C)[C@@H](O)[C@H](CO[Si](C)(C)C(C)(C)C)[C@H](O[Si](C)(C)C(C)(C)C)[C@@]1(C)O[C@@H]1[C@@H](C)COCc1ccc(OC)cc1. The van der Waals surface area contributed by atoms with Crippen molar-refractivity contribution in [3.63, 3.8) is 0 Å². The lowest BCUT2D eigenvalue weighted by Crippen LogP contribution is -2.56. The quantitative estimate of drug-likeness (QED) is 0.0856. The van der Waals surface area contributed by atoms with E-state index >= 15 is 0 Å². The molecule has 1 aromatic carbocycles. The van der Waals surface area contributed by atoms with Gasteiger partial charge in [0.2, 0.25) is 0 Å². The molecule has 0 bridgehead atoms. The summed E-state index contributed by atoms with van der Waals surface area (Å²) in [6, 6.07) is 7.97. The highest BCUT2D eigenvalue weighted by Gasteiger charge is 2.64. The number of aliphatic hydroxyl groups excluding tert-OH is 1. The Kier molecular flexibility index (Phi) is 15.1. The van der Waals surface area contributed by atoms with E-state index in [0.29, 0.717) is 26.4 Å². The Hall–Kier alpha value is -0.829. The first-order chi connectivity index (χ1) is 22.5. The summed E-state index contributed by atoms with van der Waals surface area (Å²) in [7, 11) is -4.93. The Balaban J connectivity index is 2.49. The van der Waals surface area contributed by atoms with E-state index < -0.39 is 42.8 Å². The predicted octanol–water partition coefficient (Wildman–Crippen LogP) is 10.2. The lowest BCUT2D eigenvalue weighted by atomic mass is 9.80. The maximum atomic E-state index is 12.5. The number of hydrogen-bond donors (Lipinski definition) is 1. The molecule has 7 nitrogen and oxygen atoms in total. The summed E-state index contributed by atoms with van der Waals surface area (Å²) in [4.78, 5) is 0. The number of epoxide rings is 1. The molecule has 0 saturated carbocycles. The summed E-state index contributed by atoms with van der Waals surface area (Å²) in [6.45, 7) is 44.2. The molecule has 7 atom stereocenters. The van der Waals surface area contributed by atoms with Gasteiger partial charge in [-0.1, -0.05) is 87.4 Å².